The molecule has 2 N–H and O–H groups in total. The van der Waals surface area contributed by atoms with E-state index in [1.54, 1.807) is 0 Å². The first-order valence-electron chi connectivity index (χ1n) is 7.68. The number of benzene rings is 1. The maximum atomic E-state index is 12.5. The van der Waals surface area contributed by atoms with Crippen molar-refractivity contribution in [2.24, 2.45) is 11.3 Å². The number of carbonyl (C=O) groups excluding carboxylic acids is 1. The number of hydrogen-bond donors (Lipinski definition) is 2. The predicted octanol–water partition coefficient (Wildman–Crippen LogP) is 2.97. The third-order valence-electron chi connectivity index (χ3n) is 4.94. The average molecular weight is 272 g/mol. The minimum absolute atomic E-state index is 0.157. The summed E-state index contributed by atoms with van der Waals surface area (Å²) < 4.78 is 0. The van der Waals surface area contributed by atoms with E-state index in [2.05, 4.69) is 42.7 Å². The fourth-order valence-corrected chi connectivity index (χ4v) is 3.66. The zero-order chi connectivity index (χ0) is 14.2. The largest absolute Gasteiger partial charge is 0.383 e. The van der Waals surface area contributed by atoms with Crippen LogP contribution in [0.25, 0.3) is 0 Å². The highest BCUT2D eigenvalue weighted by Gasteiger charge is 2.39. The summed E-state index contributed by atoms with van der Waals surface area (Å²) in [5.74, 6) is 0.429. The highest BCUT2D eigenvalue weighted by molar-refractivity contribution is 5.80. The molecule has 1 aliphatic carbocycles. The molecule has 0 aromatic heterocycles. The van der Waals surface area contributed by atoms with Gasteiger partial charge in [-0.3, -0.25) is 4.79 Å². The van der Waals surface area contributed by atoms with Gasteiger partial charge < -0.3 is 10.6 Å². The Kier molecular flexibility index (Phi) is 3.45. The van der Waals surface area contributed by atoms with Crippen LogP contribution in [0.4, 0.5) is 5.69 Å². The second-order valence-electron chi connectivity index (χ2n) is 6.88. The first kappa shape index (κ1) is 13.5. The van der Waals surface area contributed by atoms with Crippen LogP contribution < -0.4 is 10.6 Å². The van der Waals surface area contributed by atoms with Crippen LogP contribution in [-0.2, 0) is 11.2 Å². The van der Waals surface area contributed by atoms with E-state index in [-0.39, 0.29) is 23.3 Å². The summed E-state index contributed by atoms with van der Waals surface area (Å²) in [7, 11) is 0. The number of nitrogens with one attached hydrogen (secondary N) is 2. The minimum Gasteiger partial charge on any atom is -0.383 e. The van der Waals surface area contributed by atoms with E-state index >= 15 is 0 Å². The van der Waals surface area contributed by atoms with Gasteiger partial charge in [0.05, 0.1) is 6.04 Å². The molecule has 108 valence electrons. The van der Waals surface area contributed by atoms with Gasteiger partial charge in [-0.15, -0.1) is 0 Å². The van der Waals surface area contributed by atoms with Crippen molar-refractivity contribution in [3.63, 3.8) is 0 Å². The van der Waals surface area contributed by atoms with Crippen molar-refractivity contribution < 1.29 is 4.79 Å². The van der Waals surface area contributed by atoms with Gasteiger partial charge in [0.25, 0.3) is 0 Å². The van der Waals surface area contributed by atoms with Crippen molar-refractivity contribution in [2.75, 3.05) is 11.9 Å². The van der Waals surface area contributed by atoms with Crippen molar-refractivity contribution >= 4 is 11.6 Å². The van der Waals surface area contributed by atoms with Crippen LogP contribution in [0.15, 0.2) is 24.3 Å². The fourth-order valence-electron chi connectivity index (χ4n) is 3.66. The second kappa shape index (κ2) is 5.12. The number of hydrogen-bond acceptors (Lipinski definition) is 2. The highest BCUT2D eigenvalue weighted by Crippen LogP contribution is 2.42. The number of para-hydroxylation sites is 1. The molecule has 3 rings (SSSR count). The first-order valence-corrected chi connectivity index (χ1v) is 7.68. The minimum atomic E-state index is 0.157. The van der Waals surface area contributed by atoms with Crippen molar-refractivity contribution in [1.29, 1.82) is 0 Å². The molecule has 0 saturated heterocycles. The summed E-state index contributed by atoms with van der Waals surface area (Å²) in [5, 5.41) is 6.67. The van der Waals surface area contributed by atoms with Crippen molar-refractivity contribution in [3.8, 4) is 0 Å². The third-order valence-corrected chi connectivity index (χ3v) is 4.94. The summed E-state index contributed by atoms with van der Waals surface area (Å²) >= 11 is 0. The van der Waals surface area contributed by atoms with E-state index in [0.717, 1.165) is 25.8 Å². The van der Waals surface area contributed by atoms with Gasteiger partial charge in [-0.2, -0.15) is 0 Å². The number of fused-ring (bicyclic) bond motifs is 1. The molecule has 0 spiro atoms. The lowest BCUT2D eigenvalue weighted by Crippen LogP contribution is -2.47. The molecule has 1 heterocycles. The molecule has 3 nitrogen and oxygen atoms in total. The van der Waals surface area contributed by atoms with Crippen LogP contribution in [0.2, 0.25) is 0 Å². The number of anilines is 1. The third kappa shape index (κ3) is 2.54. The Balaban J connectivity index is 1.64. The molecule has 20 heavy (non-hydrogen) atoms. The summed E-state index contributed by atoms with van der Waals surface area (Å²) in [6.07, 6.45) is 4.31. The molecule has 2 atom stereocenters. The lowest BCUT2D eigenvalue weighted by molar-refractivity contribution is -0.128. The molecule has 1 aromatic carbocycles. The summed E-state index contributed by atoms with van der Waals surface area (Å²) in [5.41, 5.74) is 2.67. The topological polar surface area (TPSA) is 41.1 Å². The summed E-state index contributed by atoms with van der Waals surface area (Å²) in [6, 6.07) is 8.57. The molecule has 1 aliphatic heterocycles. The SMILES string of the molecule is CC1(C)CCCC1C(=O)NC1CNc2ccccc2C1. The second-order valence-corrected chi connectivity index (χ2v) is 6.88. The Bertz CT molecular complexity index is 509. The van der Waals surface area contributed by atoms with Crippen molar-refractivity contribution in [2.45, 2.75) is 45.6 Å². The Morgan fingerprint density at radius 1 is 1.35 bits per heavy atom. The van der Waals surface area contributed by atoms with E-state index in [0.29, 0.717) is 0 Å². The van der Waals surface area contributed by atoms with Crippen LogP contribution in [-0.4, -0.2) is 18.5 Å². The molecular formula is C17H24N2O. The average Bonchev–Trinajstić information content (AvgIpc) is 2.78. The van der Waals surface area contributed by atoms with Crippen LogP contribution in [0.5, 0.6) is 0 Å². The zero-order valence-electron chi connectivity index (χ0n) is 12.4. The van der Waals surface area contributed by atoms with Gasteiger partial charge in [0, 0.05) is 18.2 Å². The van der Waals surface area contributed by atoms with Crippen molar-refractivity contribution in [1.82, 2.24) is 5.32 Å². The monoisotopic (exact) mass is 272 g/mol. The van der Waals surface area contributed by atoms with Crippen LogP contribution >= 0.6 is 0 Å². The van der Waals surface area contributed by atoms with E-state index in [1.165, 1.54) is 17.7 Å². The van der Waals surface area contributed by atoms with E-state index < -0.39 is 0 Å². The Hall–Kier alpha value is -1.51. The van der Waals surface area contributed by atoms with Gasteiger partial charge in [0.2, 0.25) is 5.91 Å². The Morgan fingerprint density at radius 3 is 2.90 bits per heavy atom. The van der Waals surface area contributed by atoms with Crippen molar-refractivity contribution in [3.05, 3.63) is 29.8 Å². The molecule has 1 aromatic rings. The predicted molar refractivity (Wildman–Crippen MR) is 81.7 cm³/mol. The summed E-state index contributed by atoms with van der Waals surface area (Å²) in [6.45, 7) is 5.27. The molecule has 0 bridgehead atoms. The zero-order valence-corrected chi connectivity index (χ0v) is 12.4. The van der Waals surface area contributed by atoms with Crippen LogP contribution in [0.1, 0.15) is 38.7 Å². The quantitative estimate of drug-likeness (QED) is 0.869. The smallest absolute Gasteiger partial charge is 0.223 e. The first-order chi connectivity index (χ1) is 9.56. The fraction of sp³-hybridized carbons (Fsp3) is 0.588. The highest BCUT2D eigenvalue weighted by atomic mass is 16.2. The molecule has 1 saturated carbocycles. The standard InChI is InChI=1S/C17H24N2O/c1-17(2)9-5-7-14(17)16(20)19-13-10-12-6-3-4-8-15(12)18-11-13/h3-4,6,8,13-14,18H,5,7,9-11H2,1-2H3,(H,19,20). The van der Waals surface area contributed by atoms with Gasteiger partial charge in [-0.05, 0) is 36.3 Å². The number of carbonyl (C=O) groups is 1. The molecule has 3 heteroatoms. The molecular weight excluding hydrogens is 248 g/mol. The molecule has 1 amide bonds. The molecule has 2 unspecified atom stereocenters. The number of amides is 1. The Labute approximate surface area is 121 Å². The van der Waals surface area contributed by atoms with Crippen LogP contribution in [0.3, 0.4) is 0 Å². The maximum Gasteiger partial charge on any atom is 0.223 e. The molecule has 1 fully saturated rings. The lowest BCUT2D eigenvalue weighted by Gasteiger charge is -2.31. The molecule has 0 radical (unpaired) electrons. The summed E-state index contributed by atoms with van der Waals surface area (Å²) in [4.78, 5) is 12.5. The normalized spacial score (nSPS) is 27.5. The van der Waals surface area contributed by atoms with E-state index in [4.69, 9.17) is 0 Å². The van der Waals surface area contributed by atoms with Gasteiger partial charge in [0.15, 0.2) is 0 Å². The van der Waals surface area contributed by atoms with Gasteiger partial charge in [-0.1, -0.05) is 38.5 Å². The number of rotatable bonds is 2. The van der Waals surface area contributed by atoms with Gasteiger partial charge in [-0.25, -0.2) is 0 Å². The van der Waals surface area contributed by atoms with E-state index in [1.807, 2.05) is 6.07 Å². The van der Waals surface area contributed by atoms with E-state index in [9.17, 15) is 4.79 Å². The van der Waals surface area contributed by atoms with Gasteiger partial charge in [0.1, 0.15) is 0 Å². The molecule has 2 aliphatic rings. The van der Waals surface area contributed by atoms with Crippen LogP contribution in [0, 0.1) is 11.3 Å². The lowest BCUT2D eigenvalue weighted by atomic mass is 9.81. The van der Waals surface area contributed by atoms with Gasteiger partial charge >= 0.3 is 0 Å². The Morgan fingerprint density at radius 2 is 2.15 bits per heavy atom. The maximum absolute atomic E-state index is 12.5.